The number of anilines is 1. The second kappa shape index (κ2) is 4.81. The fourth-order valence-electron chi connectivity index (χ4n) is 0.818. The molecule has 4 nitrogen and oxygen atoms in total. The minimum Gasteiger partial charge on any atom is -0.477 e. The van der Waals surface area contributed by atoms with Crippen molar-refractivity contribution in [2.24, 2.45) is 0 Å². The number of hydrogen-bond donors (Lipinski definition) is 1. The largest absolute Gasteiger partial charge is 0.477 e. The van der Waals surface area contributed by atoms with Crippen molar-refractivity contribution in [2.75, 3.05) is 12.3 Å². The second-order valence-electron chi connectivity index (χ2n) is 2.94. The van der Waals surface area contributed by atoms with Crippen molar-refractivity contribution in [3.8, 4) is 5.88 Å². The second-order valence-corrected chi connectivity index (χ2v) is 3.33. The van der Waals surface area contributed by atoms with E-state index in [9.17, 15) is 0 Å². The number of nitrogen functional groups attached to an aromatic ring is 1. The van der Waals surface area contributed by atoms with Crippen LogP contribution in [0.5, 0.6) is 5.88 Å². The Balaban J connectivity index is 2.54. The van der Waals surface area contributed by atoms with Crippen molar-refractivity contribution in [1.82, 2.24) is 9.97 Å². The molecule has 0 aromatic carbocycles. The van der Waals surface area contributed by atoms with Crippen molar-refractivity contribution in [3.05, 3.63) is 23.4 Å². The van der Waals surface area contributed by atoms with Crippen molar-refractivity contribution in [2.45, 2.75) is 13.3 Å². The number of ether oxygens (including phenoxy) is 1. The highest BCUT2D eigenvalue weighted by molar-refractivity contribution is 6.29. The van der Waals surface area contributed by atoms with E-state index in [1.54, 1.807) is 0 Å². The summed E-state index contributed by atoms with van der Waals surface area (Å²) in [6.45, 7) is 6.21. The summed E-state index contributed by atoms with van der Waals surface area (Å²) < 4.78 is 5.30. The lowest BCUT2D eigenvalue weighted by Crippen LogP contribution is -2.02. The maximum absolute atomic E-state index is 5.66. The third-order valence-corrected chi connectivity index (χ3v) is 1.66. The molecule has 0 unspecified atom stereocenters. The monoisotopic (exact) mass is 213 g/mol. The van der Waals surface area contributed by atoms with E-state index in [1.807, 2.05) is 6.92 Å². The number of nitrogens with two attached hydrogens (primary N) is 1. The molecule has 0 aliphatic carbocycles. The molecule has 0 amide bonds. The van der Waals surface area contributed by atoms with Crippen LogP contribution in [0.4, 0.5) is 5.95 Å². The molecule has 5 heteroatoms. The Morgan fingerprint density at radius 1 is 1.64 bits per heavy atom. The predicted molar refractivity (Wildman–Crippen MR) is 56.4 cm³/mol. The molecule has 0 aliphatic rings. The van der Waals surface area contributed by atoms with Crippen LogP contribution < -0.4 is 10.5 Å². The molecule has 0 spiro atoms. The maximum Gasteiger partial charge on any atom is 0.224 e. The Morgan fingerprint density at radius 2 is 2.36 bits per heavy atom. The number of hydrogen-bond acceptors (Lipinski definition) is 4. The van der Waals surface area contributed by atoms with E-state index < -0.39 is 0 Å². The smallest absolute Gasteiger partial charge is 0.224 e. The average Bonchev–Trinajstić information content (AvgIpc) is 2.01. The van der Waals surface area contributed by atoms with Gasteiger partial charge in [-0.15, -0.1) is 6.58 Å². The van der Waals surface area contributed by atoms with E-state index >= 15 is 0 Å². The van der Waals surface area contributed by atoms with Gasteiger partial charge in [0, 0.05) is 12.5 Å². The minimum atomic E-state index is 0.114. The van der Waals surface area contributed by atoms with Crippen LogP contribution in [0.2, 0.25) is 5.15 Å². The Kier molecular flexibility index (Phi) is 3.71. The van der Waals surface area contributed by atoms with Gasteiger partial charge in [0.05, 0.1) is 6.61 Å². The van der Waals surface area contributed by atoms with Gasteiger partial charge >= 0.3 is 0 Å². The van der Waals surface area contributed by atoms with Gasteiger partial charge in [0.1, 0.15) is 5.15 Å². The van der Waals surface area contributed by atoms with Gasteiger partial charge in [0.15, 0.2) is 0 Å². The lowest BCUT2D eigenvalue weighted by molar-refractivity contribution is 0.309. The Bertz CT molecular complexity index is 321. The molecule has 76 valence electrons. The van der Waals surface area contributed by atoms with Crippen LogP contribution in [0.15, 0.2) is 18.2 Å². The van der Waals surface area contributed by atoms with Gasteiger partial charge in [-0.05, 0) is 6.92 Å². The molecule has 0 saturated heterocycles. The molecule has 0 aliphatic heterocycles. The Morgan fingerprint density at radius 3 is 2.93 bits per heavy atom. The topological polar surface area (TPSA) is 61.0 Å². The predicted octanol–water partition coefficient (Wildman–Crippen LogP) is 2.06. The third kappa shape index (κ3) is 3.62. The van der Waals surface area contributed by atoms with Crippen LogP contribution >= 0.6 is 11.6 Å². The summed E-state index contributed by atoms with van der Waals surface area (Å²) in [6, 6.07) is 1.52. The number of rotatable bonds is 4. The van der Waals surface area contributed by atoms with Gasteiger partial charge in [-0.25, -0.2) is 4.98 Å². The standard InChI is InChI=1S/C9H12ClN3O/c1-6(2)3-4-14-8-5-7(10)12-9(11)13-8/h5H,1,3-4H2,2H3,(H2,11,12,13). The van der Waals surface area contributed by atoms with Crippen molar-refractivity contribution in [1.29, 1.82) is 0 Å². The van der Waals surface area contributed by atoms with Crippen LogP contribution in [-0.4, -0.2) is 16.6 Å². The van der Waals surface area contributed by atoms with E-state index in [2.05, 4.69) is 16.5 Å². The molecule has 1 heterocycles. The van der Waals surface area contributed by atoms with Crippen LogP contribution in [-0.2, 0) is 0 Å². The number of aromatic nitrogens is 2. The van der Waals surface area contributed by atoms with E-state index in [0.29, 0.717) is 12.5 Å². The molecule has 0 fully saturated rings. The quantitative estimate of drug-likeness (QED) is 0.614. The first-order valence-corrected chi connectivity index (χ1v) is 4.53. The van der Waals surface area contributed by atoms with Gasteiger partial charge in [0.25, 0.3) is 0 Å². The molecule has 2 N–H and O–H groups in total. The Labute approximate surface area is 87.8 Å². The number of nitrogens with zero attached hydrogens (tertiary/aromatic N) is 2. The highest BCUT2D eigenvalue weighted by Crippen LogP contribution is 2.14. The van der Waals surface area contributed by atoms with Crippen LogP contribution in [0.3, 0.4) is 0 Å². The SMILES string of the molecule is C=C(C)CCOc1cc(Cl)nc(N)n1. The third-order valence-electron chi connectivity index (χ3n) is 1.47. The fourth-order valence-corrected chi connectivity index (χ4v) is 0.997. The first-order chi connectivity index (χ1) is 6.58. The summed E-state index contributed by atoms with van der Waals surface area (Å²) in [6.07, 6.45) is 0.779. The first-order valence-electron chi connectivity index (χ1n) is 4.15. The summed E-state index contributed by atoms with van der Waals surface area (Å²) >= 11 is 5.66. The zero-order valence-corrected chi connectivity index (χ0v) is 8.71. The van der Waals surface area contributed by atoms with E-state index in [4.69, 9.17) is 22.1 Å². The lowest BCUT2D eigenvalue weighted by atomic mass is 10.3. The first kappa shape index (κ1) is 10.8. The summed E-state index contributed by atoms with van der Waals surface area (Å²) in [7, 11) is 0. The maximum atomic E-state index is 5.66. The summed E-state index contributed by atoms with van der Waals surface area (Å²) in [5.74, 6) is 0.506. The van der Waals surface area contributed by atoms with E-state index in [1.165, 1.54) is 6.07 Å². The molecular weight excluding hydrogens is 202 g/mol. The highest BCUT2D eigenvalue weighted by atomic mass is 35.5. The van der Waals surface area contributed by atoms with Crippen molar-refractivity contribution in [3.63, 3.8) is 0 Å². The van der Waals surface area contributed by atoms with Gasteiger partial charge in [-0.1, -0.05) is 17.2 Å². The highest BCUT2D eigenvalue weighted by Gasteiger charge is 2.00. The van der Waals surface area contributed by atoms with Gasteiger partial charge in [0.2, 0.25) is 11.8 Å². The molecule has 1 aromatic rings. The molecule has 1 aromatic heterocycles. The van der Waals surface area contributed by atoms with Crippen LogP contribution in [0, 0.1) is 0 Å². The van der Waals surface area contributed by atoms with Gasteiger partial charge < -0.3 is 10.5 Å². The Hall–Kier alpha value is -1.29. The zero-order chi connectivity index (χ0) is 10.6. The van der Waals surface area contributed by atoms with Crippen molar-refractivity contribution < 1.29 is 4.74 Å². The molecular formula is C9H12ClN3O. The van der Waals surface area contributed by atoms with Crippen LogP contribution in [0.25, 0.3) is 0 Å². The van der Waals surface area contributed by atoms with Gasteiger partial charge in [-0.3, -0.25) is 0 Å². The molecule has 14 heavy (non-hydrogen) atoms. The molecule has 0 atom stereocenters. The van der Waals surface area contributed by atoms with Gasteiger partial charge in [-0.2, -0.15) is 4.98 Å². The summed E-state index contributed by atoms with van der Waals surface area (Å²) in [5, 5.41) is 0.280. The zero-order valence-electron chi connectivity index (χ0n) is 7.96. The number of halogens is 1. The summed E-state index contributed by atoms with van der Waals surface area (Å²) in [5.41, 5.74) is 6.44. The minimum absolute atomic E-state index is 0.114. The molecule has 0 radical (unpaired) electrons. The van der Waals surface area contributed by atoms with E-state index in [0.717, 1.165) is 12.0 Å². The molecule has 0 bridgehead atoms. The average molecular weight is 214 g/mol. The lowest BCUT2D eigenvalue weighted by Gasteiger charge is -2.05. The normalized spacial score (nSPS) is 9.86. The van der Waals surface area contributed by atoms with E-state index in [-0.39, 0.29) is 11.1 Å². The van der Waals surface area contributed by atoms with Crippen LogP contribution in [0.1, 0.15) is 13.3 Å². The fraction of sp³-hybridized carbons (Fsp3) is 0.333. The van der Waals surface area contributed by atoms with Crippen molar-refractivity contribution >= 4 is 17.5 Å². The molecule has 0 saturated carbocycles. The molecule has 1 rings (SSSR count). The summed E-state index contributed by atoms with van der Waals surface area (Å²) in [4.78, 5) is 7.57.